The lowest BCUT2D eigenvalue weighted by Crippen LogP contribution is -2.30. The van der Waals surface area contributed by atoms with Crippen LogP contribution in [0.25, 0.3) is 72.2 Å². The van der Waals surface area contributed by atoms with Gasteiger partial charge in [-0.3, -0.25) is 4.57 Å². The second-order valence-corrected chi connectivity index (χ2v) is 15.9. The Hall–Kier alpha value is -6.87. The van der Waals surface area contributed by atoms with Gasteiger partial charge in [0.05, 0.1) is 36.0 Å². The van der Waals surface area contributed by atoms with Gasteiger partial charge in [0.25, 0.3) is 0 Å². The Labute approximate surface area is 320 Å². The van der Waals surface area contributed by atoms with Gasteiger partial charge in [-0.1, -0.05) is 152 Å². The molecule has 0 spiro atoms. The van der Waals surface area contributed by atoms with E-state index in [1.807, 2.05) is 12.1 Å². The molecule has 258 valence electrons. The molecule has 1 aliphatic rings. The second-order valence-electron chi connectivity index (χ2n) is 13.9. The molecule has 1 atom stereocenters. The molecule has 0 fully saturated rings. The van der Waals surface area contributed by atoms with Crippen LogP contribution in [0.2, 0.25) is 0 Å². The van der Waals surface area contributed by atoms with Crippen LogP contribution in [0, 0.1) is 0 Å². The van der Waals surface area contributed by atoms with Gasteiger partial charge in [-0.05, 0) is 65.2 Å². The van der Waals surface area contributed by atoms with E-state index in [1.54, 1.807) is 0 Å². The molecule has 3 heterocycles. The molecular weight excluding hydrogens is 688 g/mol. The van der Waals surface area contributed by atoms with E-state index in [0.29, 0.717) is 5.95 Å². The fraction of sp³-hybridized carbons (Fsp3) is 0. The minimum absolute atomic E-state index is 0.665. The molecule has 55 heavy (non-hydrogen) atoms. The monoisotopic (exact) mass is 720 g/mol. The number of anilines is 2. The lowest BCUT2D eigenvalue weighted by molar-refractivity contribution is 1.01. The van der Waals surface area contributed by atoms with Gasteiger partial charge in [0, 0.05) is 43.6 Å². The Morgan fingerprint density at radius 2 is 1.05 bits per heavy atom. The number of para-hydroxylation sites is 3. The van der Waals surface area contributed by atoms with E-state index in [0.717, 1.165) is 33.2 Å². The Morgan fingerprint density at radius 1 is 0.418 bits per heavy atom. The van der Waals surface area contributed by atoms with Crippen LogP contribution in [0.15, 0.2) is 200 Å². The van der Waals surface area contributed by atoms with Crippen LogP contribution in [0.4, 0.5) is 11.4 Å². The molecule has 0 saturated carbocycles. The second kappa shape index (κ2) is 12.9. The molecule has 0 bridgehead atoms. The highest BCUT2D eigenvalue weighted by molar-refractivity contribution is 7.75. The maximum atomic E-state index is 5.27. The summed E-state index contributed by atoms with van der Waals surface area (Å²) in [4.78, 5) is 10.4. The van der Waals surface area contributed by atoms with Gasteiger partial charge in [0.1, 0.15) is 0 Å². The highest BCUT2D eigenvalue weighted by Gasteiger charge is 2.33. The Balaban J connectivity index is 1.09. The SMILES string of the molecule is c1ccc(-c2nc(-n3c4ccccc4c4cc(-c5ccc6c(c5)-c5ccccc5P(c5ccccc5)N6c5ccccc5)ccc43)nc3ccccc23)cc1. The number of hydrogen-bond acceptors (Lipinski definition) is 3. The maximum absolute atomic E-state index is 5.27. The zero-order valence-electron chi connectivity index (χ0n) is 29.8. The van der Waals surface area contributed by atoms with Crippen molar-refractivity contribution in [3.8, 4) is 39.5 Å². The Bertz CT molecular complexity index is 3050. The summed E-state index contributed by atoms with van der Waals surface area (Å²) >= 11 is 0. The number of fused-ring (bicyclic) bond motifs is 7. The van der Waals surface area contributed by atoms with Gasteiger partial charge in [-0.25, -0.2) is 9.97 Å². The van der Waals surface area contributed by atoms with Crippen molar-refractivity contribution >= 4 is 62.8 Å². The molecule has 4 nitrogen and oxygen atoms in total. The number of rotatable bonds is 5. The molecule has 11 rings (SSSR count). The minimum Gasteiger partial charge on any atom is -0.311 e. The average Bonchev–Trinajstić information content (AvgIpc) is 3.60. The van der Waals surface area contributed by atoms with Crippen molar-refractivity contribution in [2.45, 2.75) is 0 Å². The lowest BCUT2D eigenvalue weighted by Gasteiger charge is -2.40. The number of nitrogens with zero attached hydrogens (tertiary/aromatic N) is 4. The van der Waals surface area contributed by atoms with Crippen molar-refractivity contribution in [3.63, 3.8) is 0 Å². The maximum Gasteiger partial charge on any atom is 0.235 e. The quantitative estimate of drug-likeness (QED) is 0.166. The third-order valence-corrected chi connectivity index (χ3v) is 13.2. The zero-order valence-corrected chi connectivity index (χ0v) is 30.7. The summed E-state index contributed by atoms with van der Waals surface area (Å²) in [7, 11) is -0.846. The number of hydrogen-bond donors (Lipinski definition) is 0. The van der Waals surface area contributed by atoms with E-state index < -0.39 is 8.07 Å². The predicted molar refractivity (Wildman–Crippen MR) is 231 cm³/mol. The standard InChI is InChI=1S/C50H33N4P/c1-4-16-34(17-5-1)49-41-24-10-13-25-44(41)51-50(52-49)53-45-26-14-11-22-39(45)42-32-35(28-30-46(42)53)36-29-31-47-43(33-36)40-23-12-15-27-48(40)55(38-20-8-3-9-21-38)54(47)37-18-6-2-7-19-37/h1-33H. The highest BCUT2D eigenvalue weighted by atomic mass is 31.1. The average molecular weight is 721 g/mol. The zero-order chi connectivity index (χ0) is 36.3. The summed E-state index contributed by atoms with van der Waals surface area (Å²) in [5, 5.41) is 6.07. The van der Waals surface area contributed by atoms with Crippen LogP contribution in [0.1, 0.15) is 0 Å². The van der Waals surface area contributed by atoms with E-state index in [2.05, 4.69) is 197 Å². The topological polar surface area (TPSA) is 34.0 Å². The van der Waals surface area contributed by atoms with Crippen LogP contribution < -0.4 is 15.3 Å². The molecule has 5 heteroatoms. The Morgan fingerprint density at radius 3 is 1.89 bits per heavy atom. The number of aromatic nitrogens is 3. The van der Waals surface area contributed by atoms with Crippen LogP contribution in [0.3, 0.4) is 0 Å². The summed E-state index contributed by atoms with van der Waals surface area (Å²) < 4.78 is 4.79. The predicted octanol–water partition coefficient (Wildman–Crippen LogP) is 12.2. The van der Waals surface area contributed by atoms with Crippen LogP contribution in [0.5, 0.6) is 0 Å². The molecular formula is C50H33N4P. The fourth-order valence-corrected chi connectivity index (χ4v) is 10.8. The third kappa shape index (κ3) is 5.18. The smallest absolute Gasteiger partial charge is 0.235 e. The molecule has 1 unspecified atom stereocenters. The lowest BCUT2D eigenvalue weighted by atomic mass is 9.96. The summed E-state index contributed by atoms with van der Waals surface area (Å²) in [6.45, 7) is 0. The molecule has 8 aromatic carbocycles. The van der Waals surface area contributed by atoms with Crippen molar-refractivity contribution in [2.24, 2.45) is 0 Å². The van der Waals surface area contributed by atoms with Crippen molar-refractivity contribution in [1.82, 2.24) is 14.5 Å². The first-order valence-electron chi connectivity index (χ1n) is 18.6. The third-order valence-electron chi connectivity index (χ3n) is 10.7. The van der Waals surface area contributed by atoms with Gasteiger partial charge in [-0.15, -0.1) is 0 Å². The summed E-state index contributed by atoms with van der Waals surface area (Å²) in [6, 6.07) is 71.9. The first-order valence-corrected chi connectivity index (χ1v) is 19.9. The molecule has 2 aromatic heterocycles. The van der Waals surface area contributed by atoms with Gasteiger partial charge < -0.3 is 4.67 Å². The van der Waals surface area contributed by atoms with E-state index in [1.165, 1.54) is 55.0 Å². The highest BCUT2D eigenvalue weighted by Crippen LogP contribution is 2.56. The molecule has 0 aliphatic carbocycles. The van der Waals surface area contributed by atoms with Gasteiger partial charge in [-0.2, -0.15) is 0 Å². The largest absolute Gasteiger partial charge is 0.311 e. The normalized spacial score (nSPS) is 13.6. The van der Waals surface area contributed by atoms with Crippen molar-refractivity contribution < 1.29 is 0 Å². The summed E-state index contributed by atoms with van der Waals surface area (Å²) in [5.41, 5.74) is 12.4. The van der Waals surface area contributed by atoms with E-state index >= 15 is 0 Å². The van der Waals surface area contributed by atoms with Gasteiger partial charge >= 0.3 is 0 Å². The minimum atomic E-state index is -0.846. The van der Waals surface area contributed by atoms with Crippen LogP contribution in [-0.4, -0.2) is 14.5 Å². The number of benzene rings is 8. The van der Waals surface area contributed by atoms with E-state index in [9.17, 15) is 0 Å². The van der Waals surface area contributed by atoms with Gasteiger partial charge in [0.15, 0.2) is 0 Å². The van der Waals surface area contributed by atoms with Gasteiger partial charge in [0.2, 0.25) is 5.95 Å². The molecule has 0 amide bonds. The summed E-state index contributed by atoms with van der Waals surface area (Å²) in [5.74, 6) is 0.665. The molecule has 0 N–H and O–H groups in total. The van der Waals surface area contributed by atoms with Crippen molar-refractivity contribution in [2.75, 3.05) is 4.67 Å². The molecule has 10 aromatic rings. The van der Waals surface area contributed by atoms with Crippen LogP contribution in [-0.2, 0) is 0 Å². The summed E-state index contributed by atoms with van der Waals surface area (Å²) in [6.07, 6.45) is 0. The molecule has 0 saturated heterocycles. The van der Waals surface area contributed by atoms with E-state index in [4.69, 9.17) is 9.97 Å². The first-order chi connectivity index (χ1) is 27.3. The fourth-order valence-electron chi connectivity index (χ4n) is 8.21. The van der Waals surface area contributed by atoms with Crippen molar-refractivity contribution in [3.05, 3.63) is 200 Å². The van der Waals surface area contributed by atoms with E-state index in [-0.39, 0.29) is 0 Å². The van der Waals surface area contributed by atoms with Crippen LogP contribution >= 0.6 is 8.07 Å². The van der Waals surface area contributed by atoms with Crippen molar-refractivity contribution in [1.29, 1.82) is 0 Å². The molecule has 0 radical (unpaired) electrons. The Kier molecular flexibility index (Phi) is 7.43. The first kappa shape index (κ1) is 31.6. The molecule has 1 aliphatic heterocycles.